The Bertz CT molecular complexity index is 2770. The van der Waals surface area contributed by atoms with Crippen molar-refractivity contribution >= 4 is 93.5 Å². The fourth-order valence-corrected chi connectivity index (χ4v) is 6.58. The van der Waals surface area contributed by atoms with Gasteiger partial charge >= 0.3 is 35.6 Å². The number of rotatable bonds is 9. The molecule has 0 aliphatic heterocycles. The minimum absolute atomic E-state index is 0. The van der Waals surface area contributed by atoms with E-state index in [1.54, 1.807) is 30.3 Å². The molecule has 0 bridgehead atoms. The molecule has 3 amide bonds. The summed E-state index contributed by atoms with van der Waals surface area (Å²) in [7, 11) is -9.84. The molecule has 55 heavy (non-hydrogen) atoms. The van der Waals surface area contributed by atoms with Crippen molar-refractivity contribution in [3.05, 3.63) is 103 Å². The van der Waals surface area contributed by atoms with Gasteiger partial charge in [-0.25, -0.2) is 4.79 Å². The van der Waals surface area contributed by atoms with E-state index in [1.807, 2.05) is 0 Å². The summed E-state index contributed by atoms with van der Waals surface area (Å²) in [5.74, 6) is -1.49. The van der Waals surface area contributed by atoms with Crippen molar-refractivity contribution in [1.29, 1.82) is 0 Å². The number of nitrogens with one attached hydrogen (secondary N) is 3. The molecule has 6 rings (SSSR count). The standard InChI is InChI=1S/C35H27N7O10S2.Na/c1-19(43)36-22-7-9-24(10-8-22)40-42-32-30(54(50,51)52)18-21-16-26(12-14-28(21)34(32)45)38-35(46)37-25-11-13-27-20(15-25)17-29(53(47,48)49)31(33(27)44)41-39-23-5-3-2-4-6-23;/h2-18,44-45H,1H3,(H,36,43)(H2,37,38,46)(H,47,48,49)(H,50,51,52);/q;+1. The number of aromatic hydroxyl groups is 2. The minimum Gasteiger partial charge on any atom is -0.505 e. The van der Waals surface area contributed by atoms with Gasteiger partial charge in [-0.2, -0.15) is 27.1 Å². The van der Waals surface area contributed by atoms with Crippen molar-refractivity contribution in [1.82, 2.24) is 0 Å². The number of carbonyl (C=O) groups excluding carboxylic acids is 2. The van der Waals surface area contributed by atoms with Gasteiger partial charge in [-0.15, -0.1) is 10.2 Å². The Morgan fingerprint density at radius 1 is 0.545 bits per heavy atom. The van der Waals surface area contributed by atoms with Gasteiger partial charge in [-0.05, 0) is 95.7 Å². The molecule has 0 unspecified atom stereocenters. The Labute approximate surface area is 334 Å². The van der Waals surface area contributed by atoms with Crippen LogP contribution >= 0.6 is 0 Å². The number of hydrogen-bond donors (Lipinski definition) is 7. The predicted molar refractivity (Wildman–Crippen MR) is 199 cm³/mol. The number of hydrogen-bond acceptors (Lipinski definition) is 12. The molecule has 7 N–H and O–H groups in total. The van der Waals surface area contributed by atoms with Crippen LogP contribution in [0.15, 0.2) is 133 Å². The van der Waals surface area contributed by atoms with Crippen LogP contribution in [0, 0.1) is 0 Å². The molecule has 20 heteroatoms. The van der Waals surface area contributed by atoms with Gasteiger partial charge in [0.05, 0.1) is 11.4 Å². The summed E-state index contributed by atoms with van der Waals surface area (Å²) in [6, 6.07) is 23.9. The van der Waals surface area contributed by atoms with Crippen LogP contribution in [0.5, 0.6) is 11.5 Å². The Hall–Kier alpha value is -5.80. The van der Waals surface area contributed by atoms with E-state index < -0.39 is 58.9 Å². The molecule has 0 saturated carbocycles. The van der Waals surface area contributed by atoms with Gasteiger partial charge in [0, 0.05) is 34.8 Å². The summed E-state index contributed by atoms with van der Waals surface area (Å²) in [5, 5.41) is 45.7. The molecule has 0 spiro atoms. The number of nitrogens with zero attached hydrogens (tertiary/aromatic N) is 4. The van der Waals surface area contributed by atoms with Crippen LogP contribution in [-0.4, -0.2) is 48.1 Å². The molecule has 0 atom stereocenters. The number of phenolic OH excluding ortho intramolecular Hbond substituents is 2. The summed E-state index contributed by atoms with van der Waals surface area (Å²) in [4.78, 5) is 22.8. The molecule has 0 radical (unpaired) electrons. The van der Waals surface area contributed by atoms with E-state index in [0.717, 1.165) is 12.1 Å². The molecule has 6 aromatic rings. The second-order valence-electron chi connectivity index (χ2n) is 11.5. The summed E-state index contributed by atoms with van der Waals surface area (Å²) in [5.41, 5.74) is 0.336. The van der Waals surface area contributed by atoms with E-state index in [0.29, 0.717) is 11.4 Å². The SMILES string of the molecule is CC(=O)Nc1ccc(N=Nc2c(S(=O)(=O)O)cc3cc(NC(=O)Nc4ccc5c(O)c(N=Nc6ccccc6)c(S(=O)(=O)O)cc5c4)ccc3c2O)cc1.[Na+]. The number of fused-ring (bicyclic) bond motifs is 2. The van der Waals surface area contributed by atoms with E-state index in [1.165, 1.54) is 67.6 Å². The van der Waals surface area contributed by atoms with Crippen LogP contribution < -0.4 is 45.5 Å². The molecule has 0 heterocycles. The van der Waals surface area contributed by atoms with Crippen molar-refractivity contribution in [2.45, 2.75) is 16.7 Å². The summed E-state index contributed by atoms with van der Waals surface area (Å²) in [6.45, 7) is 1.34. The van der Waals surface area contributed by atoms with Gasteiger partial charge in [0.15, 0.2) is 11.5 Å². The van der Waals surface area contributed by atoms with Crippen molar-refractivity contribution < 1.29 is 75.3 Å². The third-order valence-corrected chi connectivity index (χ3v) is 9.38. The number of carbonyl (C=O) groups is 2. The number of amides is 3. The average molecular weight is 793 g/mol. The molecule has 0 aliphatic rings. The van der Waals surface area contributed by atoms with Gasteiger partial charge in [-0.1, -0.05) is 18.2 Å². The molecule has 0 aromatic heterocycles. The Morgan fingerprint density at radius 3 is 1.38 bits per heavy atom. The molecular formula is C35H27N7NaO10S2+. The van der Waals surface area contributed by atoms with Crippen molar-refractivity contribution in [3.63, 3.8) is 0 Å². The van der Waals surface area contributed by atoms with Crippen molar-refractivity contribution in [2.24, 2.45) is 20.5 Å². The number of azo groups is 2. The van der Waals surface area contributed by atoms with Gasteiger partial charge in [0.1, 0.15) is 21.2 Å². The smallest absolute Gasteiger partial charge is 0.505 e. The van der Waals surface area contributed by atoms with Gasteiger partial charge < -0.3 is 26.2 Å². The molecule has 0 fully saturated rings. The van der Waals surface area contributed by atoms with Gasteiger partial charge in [0.2, 0.25) is 5.91 Å². The van der Waals surface area contributed by atoms with Crippen LogP contribution in [0.2, 0.25) is 0 Å². The van der Waals surface area contributed by atoms with E-state index >= 15 is 0 Å². The normalized spacial score (nSPS) is 11.8. The maximum atomic E-state index is 13.0. The molecule has 0 aliphatic carbocycles. The van der Waals surface area contributed by atoms with Crippen LogP contribution in [0.25, 0.3) is 21.5 Å². The third kappa shape index (κ3) is 9.48. The quantitative estimate of drug-likeness (QED) is 0.0561. The monoisotopic (exact) mass is 792 g/mol. The van der Waals surface area contributed by atoms with Gasteiger partial charge in [0.25, 0.3) is 20.2 Å². The van der Waals surface area contributed by atoms with E-state index in [4.69, 9.17) is 0 Å². The zero-order valence-corrected chi connectivity index (χ0v) is 32.3. The van der Waals surface area contributed by atoms with Crippen LogP contribution in [0.1, 0.15) is 6.92 Å². The Morgan fingerprint density at radius 2 is 0.964 bits per heavy atom. The van der Waals surface area contributed by atoms with Crippen molar-refractivity contribution in [3.8, 4) is 11.5 Å². The molecule has 6 aromatic carbocycles. The third-order valence-electron chi connectivity index (χ3n) is 7.65. The van der Waals surface area contributed by atoms with Crippen LogP contribution in [0.4, 0.5) is 44.6 Å². The first-order chi connectivity index (χ1) is 25.6. The van der Waals surface area contributed by atoms with E-state index in [2.05, 4.69) is 36.4 Å². The van der Waals surface area contributed by atoms with Crippen LogP contribution in [0.3, 0.4) is 0 Å². The molecule has 0 saturated heterocycles. The maximum absolute atomic E-state index is 13.0. The minimum atomic E-state index is -4.94. The second-order valence-corrected chi connectivity index (χ2v) is 14.3. The van der Waals surface area contributed by atoms with E-state index in [9.17, 15) is 45.7 Å². The Balaban J connectivity index is 0.00000580. The number of anilines is 3. The Kier molecular flexibility index (Phi) is 12.0. The molecule has 17 nitrogen and oxygen atoms in total. The molecular weight excluding hydrogens is 766 g/mol. The topological polar surface area (TPSA) is 269 Å². The van der Waals surface area contributed by atoms with Crippen molar-refractivity contribution in [2.75, 3.05) is 16.0 Å². The molecule has 274 valence electrons. The number of urea groups is 1. The first-order valence-electron chi connectivity index (χ1n) is 15.5. The summed E-state index contributed by atoms with van der Waals surface area (Å²) in [6.07, 6.45) is 0. The fraction of sp³-hybridized carbons (Fsp3) is 0.0286. The first kappa shape index (κ1) is 40.4. The summed E-state index contributed by atoms with van der Waals surface area (Å²) < 4.78 is 69.0. The van der Waals surface area contributed by atoms with Crippen LogP contribution in [-0.2, 0) is 25.0 Å². The maximum Gasteiger partial charge on any atom is 1.00 e. The number of benzene rings is 6. The zero-order valence-electron chi connectivity index (χ0n) is 28.7. The zero-order chi connectivity index (χ0) is 38.8. The average Bonchev–Trinajstić information content (AvgIpc) is 3.10. The van der Waals surface area contributed by atoms with Gasteiger partial charge in [-0.3, -0.25) is 13.9 Å². The fourth-order valence-electron chi connectivity index (χ4n) is 5.26. The predicted octanol–water partition coefficient (Wildman–Crippen LogP) is 5.33. The number of phenols is 2. The summed E-state index contributed by atoms with van der Waals surface area (Å²) >= 11 is 0. The first-order valence-corrected chi connectivity index (χ1v) is 18.3. The van der Waals surface area contributed by atoms with E-state index in [-0.39, 0.29) is 74.1 Å². The second kappa shape index (κ2) is 16.3. The largest absolute Gasteiger partial charge is 1.00 e.